The van der Waals surface area contributed by atoms with Crippen LogP contribution in [0.15, 0.2) is 67.1 Å². The fourth-order valence-electron chi connectivity index (χ4n) is 4.35. The van der Waals surface area contributed by atoms with Gasteiger partial charge in [0.2, 0.25) is 0 Å². The molecule has 5 nitrogen and oxygen atoms in total. The maximum atomic E-state index is 4.83. The van der Waals surface area contributed by atoms with Crippen molar-refractivity contribution in [1.82, 2.24) is 24.4 Å². The summed E-state index contributed by atoms with van der Waals surface area (Å²) >= 11 is 0. The molecule has 1 aliphatic heterocycles. The van der Waals surface area contributed by atoms with Crippen molar-refractivity contribution in [3.8, 4) is 17.1 Å². The first-order chi connectivity index (χ1) is 14.7. The van der Waals surface area contributed by atoms with Crippen molar-refractivity contribution in [2.24, 2.45) is 0 Å². The summed E-state index contributed by atoms with van der Waals surface area (Å²) in [5, 5.41) is 0. The topological polar surface area (TPSA) is 46.8 Å². The van der Waals surface area contributed by atoms with Gasteiger partial charge in [-0.3, -0.25) is 9.88 Å². The minimum absolute atomic E-state index is 0.788. The Morgan fingerprint density at radius 1 is 1.00 bits per heavy atom. The van der Waals surface area contributed by atoms with Crippen LogP contribution in [0.5, 0.6) is 0 Å². The second-order valence-corrected chi connectivity index (χ2v) is 7.93. The zero-order valence-electron chi connectivity index (χ0n) is 17.4. The maximum Gasteiger partial charge on any atom is 0.159 e. The van der Waals surface area contributed by atoms with Crippen molar-refractivity contribution in [2.45, 2.75) is 33.4 Å². The molecule has 0 N–H and O–H groups in total. The molecular formula is C25H25N5. The highest BCUT2D eigenvalue weighted by Gasteiger charge is 2.21. The van der Waals surface area contributed by atoms with E-state index in [0.29, 0.717) is 0 Å². The second-order valence-electron chi connectivity index (χ2n) is 7.93. The molecule has 1 aromatic carbocycles. The Balaban J connectivity index is 1.35. The lowest BCUT2D eigenvalue weighted by Gasteiger charge is -2.28. The van der Waals surface area contributed by atoms with Crippen molar-refractivity contribution in [3.63, 3.8) is 0 Å². The van der Waals surface area contributed by atoms with Crippen LogP contribution in [0.25, 0.3) is 17.1 Å². The van der Waals surface area contributed by atoms with Crippen LogP contribution >= 0.6 is 0 Å². The Morgan fingerprint density at radius 3 is 2.60 bits per heavy atom. The maximum absolute atomic E-state index is 4.83. The summed E-state index contributed by atoms with van der Waals surface area (Å²) in [5.74, 6) is 0.788. The third-order valence-corrected chi connectivity index (χ3v) is 5.90. The van der Waals surface area contributed by atoms with Gasteiger partial charge in [-0.15, -0.1) is 0 Å². The number of aromatic nitrogens is 4. The van der Waals surface area contributed by atoms with E-state index in [2.05, 4.69) is 69.7 Å². The van der Waals surface area contributed by atoms with E-state index in [1.807, 2.05) is 18.3 Å². The smallest absolute Gasteiger partial charge is 0.159 e. The summed E-state index contributed by atoms with van der Waals surface area (Å²) in [4.78, 5) is 16.0. The van der Waals surface area contributed by atoms with E-state index in [1.165, 1.54) is 33.9 Å². The van der Waals surface area contributed by atoms with Gasteiger partial charge >= 0.3 is 0 Å². The third-order valence-electron chi connectivity index (χ3n) is 5.90. The van der Waals surface area contributed by atoms with Crippen molar-refractivity contribution in [3.05, 3.63) is 95.3 Å². The van der Waals surface area contributed by atoms with Gasteiger partial charge in [0, 0.05) is 72.8 Å². The molecule has 0 saturated carbocycles. The standard InChI is InChI=1S/C25H25N5/c1-18-14-21(19(2)30(18)23-6-4-3-5-7-23)16-29-13-10-24-22(17-29)15-27-25(28-24)20-8-11-26-12-9-20/h3-9,11-12,14-15H,10,13,16-17H2,1-2H3. The van der Waals surface area contributed by atoms with Gasteiger partial charge in [-0.25, -0.2) is 9.97 Å². The van der Waals surface area contributed by atoms with Gasteiger partial charge in [-0.05, 0) is 49.7 Å². The summed E-state index contributed by atoms with van der Waals surface area (Å²) < 4.78 is 2.34. The van der Waals surface area contributed by atoms with Crippen LogP contribution in [-0.4, -0.2) is 31.0 Å². The van der Waals surface area contributed by atoms with Gasteiger partial charge in [0.25, 0.3) is 0 Å². The average Bonchev–Trinajstić information content (AvgIpc) is 3.07. The normalized spacial score (nSPS) is 13.9. The van der Waals surface area contributed by atoms with Gasteiger partial charge in [-0.2, -0.15) is 0 Å². The Bertz CT molecular complexity index is 1170. The van der Waals surface area contributed by atoms with Crippen LogP contribution in [0, 0.1) is 13.8 Å². The molecule has 0 amide bonds. The average molecular weight is 396 g/mol. The molecule has 3 aromatic heterocycles. The van der Waals surface area contributed by atoms with Crippen LogP contribution in [0.3, 0.4) is 0 Å². The summed E-state index contributed by atoms with van der Waals surface area (Å²) in [7, 11) is 0. The van der Waals surface area contributed by atoms with Crippen LogP contribution < -0.4 is 0 Å². The van der Waals surface area contributed by atoms with Crippen molar-refractivity contribution >= 4 is 0 Å². The Morgan fingerprint density at radius 2 is 1.80 bits per heavy atom. The Kier molecular flexibility index (Phi) is 4.89. The first-order valence-electron chi connectivity index (χ1n) is 10.4. The number of fused-ring (bicyclic) bond motifs is 1. The predicted octanol–water partition coefficient (Wildman–Crippen LogP) is 4.50. The lowest BCUT2D eigenvalue weighted by atomic mass is 10.1. The minimum Gasteiger partial charge on any atom is -0.318 e. The first-order valence-corrected chi connectivity index (χ1v) is 10.4. The molecule has 5 heteroatoms. The summed E-state index contributed by atoms with van der Waals surface area (Å²) in [6.45, 7) is 7.24. The van der Waals surface area contributed by atoms with E-state index in [0.717, 1.165) is 37.4 Å². The number of nitrogens with zero attached hydrogens (tertiary/aromatic N) is 5. The van der Waals surface area contributed by atoms with Gasteiger partial charge in [0.15, 0.2) is 5.82 Å². The third kappa shape index (κ3) is 3.53. The molecule has 30 heavy (non-hydrogen) atoms. The van der Waals surface area contributed by atoms with Gasteiger partial charge in [0.05, 0.1) is 5.69 Å². The number of aryl methyl sites for hydroxylation is 1. The fraction of sp³-hybridized carbons (Fsp3) is 0.240. The molecule has 0 unspecified atom stereocenters. The quantitative estimate of drug-likeness (QED) is 0.510. The minimum atomic E-state index is 0.788. The zero-order valence-corrected chi connectivity index (χ0v) is 17.4. The summed E-state index contributed by atoms with van der Waals surface area (Å²) in [6, 6.07) is 16.8. The van der Waals surface area contributed by atoms with Crippen LogP contribution in [0.2, 0.25) is 0 Å². The highest BCUT2D eigenvalue weighted by atomic mass is 15.1. The lowest BCUT2D eigenvalue weighted by molar-refractivity contribution is 0.242. The number of hydrogen-bond acceptors (Lipinski definition) is 4. The first kappa shape index (κ1) is 18.7. The molecule has 4 heterocycles. The SMILES string of the molecule is Cc1cc(CN2CCc3nc(-c4ccncc4)ncc3C2)c(C)n1-c1ccccc1. The molecule has 0 spiro atoms. The molecule has 0 aliphatic carbocycles. The van der Waals surface area contributed by atoms with E-state index in [-0.39, 0.29) is 0 Å². The highest BCUT2D eigenvalue weighted by Crippen LogP contribution is 2.25. The zero-order chi connectivity index (χ0) is 20.5. The molecular weight excluding hydrogens is 370 g/mol. The number of para-hydroxylation sites is 1. The van der Waals surface area contributed by atoms with Gasteiger partial charge in [-0.1, -0.05) is 18.2 Å². The molecule has 0 radical (unpaired) electrons. The van der Waals surface area contributed by atoms with Gasteiger partial charge < -0.3 is 4.57 Å². The van der Waals surface area contributed by atoms with Crippen LogP contribution in [0.4, 0.5) is 0 Å². The van der Waals surface area contributed by atoms with Gasteiger partial charge in [0.1, 0.15) is 0 Å². The fourth-order valence-corrected chi connectivity index (χ4v) is 4.35. The highest BCUT2D eigenvalue weighted by molar-refractivity contribution is 5.54. The van der Waals surface area contributed by atoms with Crippen molar-refractivity contribution < 1.29 is 0 Å². The number of hydrogen-bond donors (Lipinski definition) is 0. The largest absolute Gasteiger partial charge is 0.318 e. The van der Waals surface area contributed by atoms with E-state index in [9.17, 15) is 0 Å². The Hall–Kier alpha value is -3.31. The molecule has 4 aromatic rings. The summed E-state index contributed by atoms with van der Waals surface area (Å²) in [5.41, 5.74) is 8.61. The van der Waals surface area contributed by atoms with Crippen LogP contribution in [0.1, 0.15) is 28.2 Å². The van der Waals surface area contributed by atoms with Crippen molar-refractivity contribution in [2.75, 3.05) is 6.54 Å². The van der Waals surface area contributed by atoms with Crippen LogP contribution in [-0.2, 0) is 19.5 Å². The Labute approximate surface area is 177 Å². The van der Waals surface area contributed by atoms with E-state index < -0.39 is 0 Å². The summed E-state index contributed by atoms with van der Waals surface area (Å²) in [6.07, 6.45) is 6.52. The number of pyridine rings is 1. The van der Waals surface area contributed by atoms with E-state index in [1.54, 1.807) is 12.4 Å². The molecule has 0 saturated heterocycles. The molecule has 0 bridgehead atoms. The second kappa shape index (κ2) is 7.84. The number of rotatable bonds is 4. The molecule has 150 valence electrons. The molecule has 0 fully saturated rings. The molecule has 0 atom stereocenters. The predicted molar refractivity (Wildman–Crippen MR) is 118 cm³/mol. The van der Waals surface area contributed by atoms with Crippen molar-refractivity contribution in [1.29, 1.82) is 0 Å². The van der Waals surface area contributed by atoms with E-state index >= 15 is 0 Å². The molecule has 5 rings (SSSR count). The molecule has 1 aliphatic rings. The monoisotopic (exact) mass is 395 g/mol. The number of benzene rings is 1. The van der Waals surface area contributed by atoms with E-state index in [4.69, 9.17) is 4.98 Å². The lowest BCUT2D eigenvalue weighted by Crippen LogP contribution is -2.31.